The quantitative estimate of drug-likeness (QED) is 0.224. The standard InChI is InChI=1S/C37H36N2O5/c1-27-25-33(15-17-36(27)44-28(2)37(40)41)43-22-18-34(32-14-16-35(38-26-32)31-8-4-3-5-9-31)30-12-10-29(11-13-30)7-6-19-39-20-23-42-24-21-39/h3-5,8-18,25-26,28H,19-24H2,1-2H3,(H,40,41)/b34-18+. The second-order valence-electron chi connectivity index (χ2n) is 10.5. The van der Waals surface area contributed by atoms with Crippen LogP contribution >= 0.6 is 0 Å². The third kappa shape index (κ3) is 8.35. The maximum atomic E-state index is 11.2. The number of rotatable bonds is 10. The van der Waals surface area contributed by atoms with Crippen molar-refractivity contribution in [3.8, 4) is 34.6 Å². The molecule has 1 aliphatic rings. The minimum Gasteiger partial charge on any atom is -0.489 e. The van der Waals surface area contributed by atoms with E-state index in [9.17, 15) is 4.79 Å². The molecule has 3 aromatic carbocycles. The number of morpholine rings is 1. The minimum absolute atomic E-state index is 0.321. The first-order valence-electron chi connectivity index (χ1n) is 14.7. The molecule has 1 atom stereocenters. The zero-order valence-corrected chi connectivity index (χ0v) is 25.0. The number of ether oxygens (including phenoxy) is 3. The van der Waals surface area contributed by atoms with Gasteiger partial charge in [0.2, 0.25) is 0 Å². The van der Waals surface area contributed by atoms with Crippen molar-refractivity contribution in [1.29, 1.82) is 0 Å². The van der Waals surface area contributed by atoms with Crippen LogP contribution in [0.2, 0.25) is 0 Å². The number of hydrogen-bond acceptors (Lipinski definition) is 6. The molecule has 1 saturated heterocycles. The highest BCUT2D eigenvalue weighted by Crippen LogP contribution is 2.27. The molecule has 224 valence electrons. The largest absolute Gasteiger partial charge is 0.489 e. The summed E-state index contributed by atoms with van der Waals surface area (Å²) >= 11 is 0. The normalized spacial score (nSPS) is 14.3. The van der Waals surface area contributed by atoms with Gasteiger partial charge in [-0.15, -0.1) is 0 Å². The molecule has 0 saturated carbocycles. The Labute approximate surface area is 258 Å². The van der Waals surface area contributed by atoms with Crippen LogP contribution in [0.5, 0.6) is 11.5 Å². The van der Waals surface area contributed by atoms with Crippen molar-refractivity contribution in [3.63, 3.8) is 0 Å². The lowest BCUT2D eigenvalue weighted by molar-refractivity contribution is -0.144. The molecule has 0 bridgehead atoms. The first kappa shape index (κ1) is 30.6. The fourth-order valence-corrected chi connectivity index (χ4v) is 4.79. The Morgan fingerprint density at radius 3 is 2.45 bits per heavy atom. The van der Waals surface area contributed by atoms with Gasteiger partial charge in [-0.05, 0) is 73.0 Å². The van der Waals surface area contributed by atoms with E-state index in [0.29, 0.717) is 18.1 Å². The van der Waals surface area contributed by atoms with Crippen LogP contribution in [0.4, 0.5) is 0 Å². The van der Waals surface area contributed by atoms with Gasteiger partial charge >= 0.3 is 5.97 Å². The summed E-state index contributed by atoms with van der Waals surface area (Å²) in [4.78, 5) is 18.2. The van der Waals surface area contributed by atoms with Gasteiger partial charge in [-0.2, -0.15) is 0 Å². The molecule has 0 spiro atoms. The number of carboxylic acid groups (broad SMARTS) is 1. The highest BCUT2D eigenvalue weighted by Gasteiger charge is 2.14. The van der Waals surface area contributed by atoms with Crippen LogP contribution in [0.25, 0.3) is 16.8 Å². The lowest BCUT2D eigenvalue weighted by atomic mass is 9.97. The fourth-order valence-electron chi connectivity index (χ4n) is 4.79. The number of benzene rings is 3. The van der Waals surface area contributed by atoms with E-state index in [0.717, 1.165) is 71.9 Å². The van der Waals surface area contributed by atoms with Crippen LogP contribution in [-0.4, -0.2) is 66.5 Å². The Morgan fingerprint density at radius 2 is 1.77 bits per heavy atom. The van der Waals surface area contributed by atoms with Gasteiger partial charge < -0.3 is 19.3 Å². The summed E-state index contributed by atoms with van der Waals surface area (Å²) in [7, 11) is 0. The van der Waals surface area contributed by atoms with Gasteiger partial charge in [0, 0.05) is 36.0 Å². The zero-order valence-electron chi connectivity index (χ0n) is 25.0. The molecule has 2 heterocycles. The first-order chi connectivity index (χ1) is 21.5. The molecule has 4 aromatic rings. The van der Waals surface area contributed by atoms with Crippen LogP contribution in [0, 0.1) is 18.8 Å². The maximum Gasteiger partial charge on any atom is 0.344 e. The lowest BCUT2D eigenvalue weighted by Gasteiger charge is -2.24. The van der Waals surface area contributed by atoms with Crippen LogP contribution in [0.3, 0.4) is 0 Å². The van der Waals surface area contributed by atoms with Crippen molar-refractivity contribution in [2.24, 2.45) is 0 Å². The van der Waals surface area contributed by atoms with Gasteiger partial charge in [-0.3, -0.25) is 9.88 Å². The van der Waals surface area contributed by atoms with E-state index in [1.165, 1.54) is 6.92 Å². The average Bonchev–Trinajstić information content (AvgIpc) is 3.06. The Kier molecular flexibility index (Phi) is 10.4. The van der Waals surface area contributed by atoms with Crippen LogP contribution in [0.1, 0.15) is 29.2 Å². The van der Waals surface area contributed by atoms with Crippen LogP contribution < -0.4 is 9.47 Å². The van der Waals surface area contributed by atoms with Crippen LogP contribution in [-0.2, 0) is 9.53 Å². The molecule has 1 aromatic heterocycles. The van der Waals surface area contributed by atoms with Crippen molar-refractivity contribution in [2.45, 2.75) is 20.0 Å². The number of aryl methyl sites for hydroxylation is 1. The van der Waals surface area contributed by atoms with E-state index in [1.807, 2.05) is 73.8 Å². The summed E-state index contributed by atoms with van der Waals surface area (Å²) in [6, 6.07) is 27.8. The average molecular weight is 589 g/mol. The fraction of sp³-hybridized carbons (Fsp3) is 0.243. The topological polar surface area (TPSA) is 81.1 Å². The molecule has 1 aliphatic heterocycles. The van der Waals surface area contributed by atoms with Crippen LogP contribution in [0.15, 0.2) is 97.2 Å². The zero-order chi connectivity index (χ0) is 30.7. The highest BCUT2D eigenvalue weighted by molar-refractivity contribution is 5.80. The lowest BCUT2D eigenvalue weighted by Crippen LogP contribution is -2.36. The highest BCUT2D eigenvalue weighted by atomic mass is 16.5. The number of hydrogen-bond donors (Lipinski definition) is 1. The molecular formula is C37H36N2O5. The van der Waals surface area contributed by atoms with E-state index in [4.69, 9.17) is 24.3 Å². The molecular weight excluding hydrogens is 552 g/mol. The third-order valence-electron chi connectivity index (χ3n) is 7.31. The Balaban J connectivity index is 1.34. The number of carbonyl (C=O) groups is 1. The van der Waals surface area contributed by atoms with Crippen molar-refractivity contribution in [2.75, 3.05) is 39.5 Å². The smallest absolute Gasteiger partial charge is 0.344 e. The monoisotopic (exact) mass is 588 g/mol. The molecule has 1 fully saturated rings. The van der Waals surface area contributed by atoms with E-state index in [-0.39, 0.29) is 0 Å². The van der Waals surface area contributed by atoms with Gasteiger partial charge in [-0.25, -0.2) is 4.79 Å². The van der Waals surface area contributed by atoms with Crippen molar-refractivity contribution >= 4 is 11.5 Å². The number of aromatic nitrogens is 1. The summed E-state index contributed by atoms with van der Waals surface area (Å²) in [5.74, 6) is 6.74. The molecule has 1 N–H and O–H groups in total. The molecule has 1 unspecified atom stereocenters. The van der Waals surface area contributed by atoms with Gasteiger partial charge in [0.25, 0.3) is 0 Å². The van der Waals surface area contributed by atoms with E-state index in [1.54, 1.807) is 12.1 Å². The second-order valence-corrected chi connectivity index (χ2v) is 10.5. The Morgan fingerprint density at radius 1 is 1.02 bits per heavy atom. The molecule has 0 amide bonds. The predicted octanol–water partition coefficient (Wildman–Crippen LogP) is 6.10. The molecule has 0 radical (unpaired) electrons. The molecule has 7 heteroatoms. The van der Waals surface area contributed by atoms with Gasteiger partial charge in [0.15, 0.2) is 6.10 Å². The van der Waals surface area contributed by atoms with Gasteiger partial charge in [0.1, 0.15) is 18.1 Å². The second kappa shape index (κ2) is 15.0. The number of pyridine rings is 1. The maximum absolute atomic E-state index is 11.2. The first-order valence-corrected chi connectivity index (χ1v) is 14.7. The summed E-state index contributed by atoms with van der Waals surface area (Å²) in [5.41, 5.74) is 6.73. The predicted molar refractivity (Wildman–Crippen MR) is 172 cm³/mol. The summed E-state index contributed by atoms with van der Waals surface area (Å²) in [6.07, 6.45) is 3.00. The summed E-state index contributed by atoms with van der Waals surface area (Å²) in [6.45, 7) is 7.79. The van der Waals surface area contributed by atoms with E-state index < -0.39 is 12.1 Å². The number of nitrogens with zero attached hydrogens (tertiary/aromatic N) is 2. The Hall–Kier alpha value is -4.90. The summed E-state index contributed by atoms with van der Waals surface area (Å²) < 4.78 is 17.0. The molecule has 44 heavy (non-hydrogen) atoms. The summed E-state index contributed by atoms with van der Waals surface area (Å²) in [5, 5.41) is 9.15. The SMILES string of the molecule is Cc1cc(OC/C=C(\c2ccc(C#CCN3CCOCC3)cc2)c2ccc(-c3ccccc3)nc2)ccc1OC(C)C(=O)O. The van der Waals surface area contributed by atoms with Crippen molar-refractivity contribution < 1.29 is 24.1 Å². The van der Waals surface area contributed by atoms with E-state index >= 15 is 0 Å². The minimum atomic E-state index is -1.01. The van der Waals surface area contributed by atoms with Crippen molar-refractivity contribution in [3.05, 3.63) is 119 Å². The Bertz CT molecular complexity index is 1630. The number of carboxylic acids is 1. The molecule has 0 aliphatic carbocycles. The number of aliphatic carboxylic acids is 1. The molecule has 5 rings (SSSR count). The van der Waals surface area contributed by atoms with E-state index in [2.05, 4.69) is 34.9 Å². The van der Waals surface area contributed by atoms with Crippen molar-refractivity contribution in [1.82, 2.24) is 9.88 Å². The third-order valence-corrected chi connectivity index (χ3v) is 7.31. The van der Waals surface area contributed by atoms with Gasteiger partial charge in [-0.1, -0.05) is 60.4 Å². The van der Waals surface area contributed by atoms with Gasteiger partial charge in [0.05, 0.1) is 25.5 Å². The molecule has 7 nitrogen and oxygen atoms in total.